The molecule has 0 radical (unpaired) electrons. The van der Waals surface area contributed by atoms with Crippen LogP contribution in [0.5, 0.6) is 11.5 Å². The number of hydrogen-bond acceptors (Lipinski definition) is 6. The molecular formula is C22H25NO6. The molecule has 0 fully saturated rings. The number of amides is 1. The molecule has 0 aliphatic carbocycles. The number of benzene rings is 2. The largest absolute Gasteiger partial charge is 0.497 e. The van der Waals surface area contributed by atoms with Crippen LogP contribution >= 0.6 is 0 Å². The zero-order chi connectivity index (χ0) is 21.4. The van der Waals surface area contributed by atoms with Gasteiger partial charge in [-0.1, -0.05) is 20.8 Å². The maximum absolute atomic E-state index is 12.2. The molecule has 0 unspecified atom stereocenters. The molecule has 29 heavy (non-hydrogen) atoms. The van der Waals surface area contributed by atoms with E-state index in [1.807, 2.05) is 20.8 Å². The maximum Gasteiger partial charge on any atom is 0.344 e. The Morgan fingerprint density at radius 3 is 2.00 bits per heavy atom. The number of ketones is 1. The third-order valence-corrected chi connectivity index (χ3v) is 3.93. The molecule has 7 nitrogen and oxygen atoms in total. The Balaban J connectivity index is 1.79. The Kier molecular flexibility index (Phi) is 7.36. The predicted molar refractivity (Wildman–Crippen MR) is 108 cm³/mol. The first-order valence-corrected chi connectivity index (χ1v) is 9.06. The number of rotatable bonds is 8. The van der Waals surface area contributed by atoms with Crippen LogP contribution in [-0.4, -0.2) is 38.0 Å². The summed E-state index contributed by atoms with van der Waals surface area (Å²) in [6, 6.07) is 13.1. The Morgan fingerprint density at radius 1 is 0.862 bits per heavy atom. The highest BCUT2D eigenvalue weighted by Gasteiger charge is 2.21. The standard InChI is InChI=1S/C22H25NO6/c1-22(2,3)21(26)23-16-7-5-15(6-8-16)19(24)13-29-20(25)14-28-18-11-9-17(27-4)10-12-18/h5-12H,13-14H2,1-4H3,(H,23,26). The fourth-order valence-electron chi connectivity index (χ4n) is 2.14. The van der Waals surface area contributed by atoms with Crippen molar-refractivity contribution in [3.63, 3.8) is 0 Å². The molecule has 0 bridgehead atoms. The summed E-state index contributed by atoms with van der Waals surface area (Å²) in [5.41, 5.74) is 0.449. The lowest BCUT2D eigenvalue weighted by Gasteiger charge is -2.17. The third-order valence-electron chi connectivity index (χ3n) is 3.93. The smallest absolute Gasteiger partial charge is 0.344 e. The number of methoxy groups -OCH3 is 1. The molecule has 0 saturated heterocycles. The van der Waals surface area contributed by atoms with Gasteiger partial charge in [0.05, 0.1) is 7.11 Å². The lowest BCUT2D eigenvalue weighted by molar-refractivity contribution is -0.144. The van der Waals surface area contributed by atoms with Crippen LogP contribution in [-0.2, 0) is 14.3 Å². The van der Waals surface area contributed by atoms with E-state index in [2.05, 4.69) is 5.32 Å². The van der Waals surface area contributed by atoms with Gasteiger partial charge in [-0.15, -0.1) is 0 Å². The Morgan fingerprint density at radius 2 is 1.45 bits per heavy atom. The highest BCUT2D eigenvalue weighted by Crippen LogP contribution is 2.18. The molecule has 0 atom stereocenters. The zero-order valence-electron chi connectivity index (χ0n) is 17.0. The molecule has 0 aliphatic heterocycles. The molecule has 2 aromatic carbocycles. The van der Waals surface area contributed by atoms with Crippen molar-refractivity contribution >= 4 is 23.3 Å². The van der Waals surface area contributed by atoms with Gasteiger partial charge in [-0.3, -0.25) is 9.59 Å². The first kappa shape index (κ1) is 21.9. The minimum atomic E-state index is -0.650. The molecule has 154 valence electrons. The van der Waals surface area contributed by atoms with Crippen molar-refractivity contribution in [3.05, 3.63) is 54.1 Å². The topological polar surface area (TPSA) is 90.9 Å². The van der Waals surface area contributed by atoms with Crippen LogP contribution < -0.4 is 14.8 Å². The lowest BCUT2D eigenvalue weighted by Crippen LogP contribution is -2.27. The number of Topliss-reactive ketones (excluding diaryl/α,β-unsaturated/α-hetero) is 1. The van der Waals surface area contributed by atoms with Crippen LogP contribution in [0, 0.1) is 5.41 Å². The molecule has 7 heteroatoms. The summed E-state index contributed by atoms with van der Waals surface area (Å²) in [5, 5.41) is 2.78. The highest BCUT2D eigenvalue weighted by molar-refractivity contribution is 5.99. The van der Waals surface area contributed by atoms with E-state index >= 15 is 0 Å². The summed E-state index contributed by atoms with van der Waals surface area (Å²) >= 11 is 0. The van der Waals surface area contributed by atoms with Crippen molar-refractivity contribution in [3.8, 4) is 11.5 Å². The van der Waals surface area contributed by atoms with Gasteiger partial charge in [0, 0.05) is 16.7 Å². The molecule has 0 heterocycles. The lowest BCUT2D eigenvalue weighted by atomic mass is 9.95. The minimum absolute atomic E-state index is 0.123. The van der Waals surface area contributed by atoms with Crippen LogP contribution in [0.1, 0.15) is 31.1 Å². The van der Waals surface area contributed by atoms with E-state index in [1.54, 1.807) is 55.6 Å². The molecule has 1 amide bonds. The number of esters is 1. The second-order valence-corrected chi connectivity index (χ2v) is 7.33. The molecule has 0 saturated carbocycles. The Labute approximate surface area is 170 Å². The van der Waals surface area contributed by atoms with Crippen LogP contribution in [0.2, 0.25) is 0 Å². The van der Waals surface area contributed by atoms with E-state index in [-0.39, 0.29) is 18.3 Å². The fourth-order valence-corrected chi connectivity index (χ4v) is 2.14. The van der Waals surface area contributed by atoms with E-state index in [1.165, 1.54) is 0 Å². The number of nitrogens with one attached hydrogen (secondary N) is 1. The van der Waals surface area contributed by atoms with Crippen molar-refractivity contribution in [2.24, 2.45) is 5.41 Å². The van der Waals surface area contributed by atoms with Crippen molar-refractivity contribution < 1.29 is 28.6 Å². The van der Waals surface area contributed by atoms with Crippen LogP contribution in [0.3, 0.4) is 0 Å². The normalized spacial score (nSPS) is 10.8. The van der Waals surface area contributed by atoms with Crippen molar-refractivity contribution in [1.29, 1.82) is 0 Å². The highest BCUT2D eigenvalue weighted by atomic mass is 16.6. The quantitative estimate of drug-likeness (QED) is 0.540. The summed E-state index contributed by atoms with van der Waals surface area (Å²) in [5.74, 6) is 0.0403. The van der Waals surface area contributed by atoms with Gasteiger partial charge < -0.3 is 19.5 Å². The minimum Gasteiger partial charge on any atom is -0.497 e. The number of anilines is 1. The van der Waals surface area contributed by atoms with Gasteiger partial charge in [-0.05, 0) is 48.5 Å². The number of ether oxygens (including phenoxy) is 3. The molecule has 0 spiro atoms. The van der Waals surface area contributed by atoms with Gasteiger partial charge in [0.15, 0.2) is 19.0 Å². The van der Waals surface area contributed by atoms with Gasteiger partial charge >= 0.3 is 5.97 Å². The van der Waals surface area contributed by atoms with E-state index in [4.69, 9.17) is 14.2 Å². The number of carbonyl (C=O) groups excluding carboxylic acids is 3. The van der Waals surface area contributed by atoms with Crippen molar-refractivity contribution in [1.82, 2.24) is 0 Å². The summed E-state index contributed by atoms with van der Waals surface area (Å²) in [7, 11) is 1.56. The van der Waals surface area contributed by atoms with E-state index in [9.17, 15) is 14.4 Å². The third kappa shape index (κ3) is 6.95. The van der Waals surface area contributed by atoms with E-state index in [0.717, 1.165) is 0 Å². The van der Waals surface area contributed by atoms with Crippen molar-refractivity contribution in [2.75, 3.05) is 25.6 Å². The molecule has 2 aromatic rings. The van der Waals surface area contributed by atoms with Gasteiger partial charge in [0.2, 0.25) is 5.91 Å². The van der Waals surface area contributed by atoms with Gasteiger partial charge in [0.1, 0.15) is 11.5 Å². The molecular weight excluding hydrogens is 374 g/mol. The number of hydrogen-bond donors (Lipinski definition) is 1. The van der Waals surface area contributed by atoms with Gasteiger partial charge in [0.25, 0.3) is 0 Å². The average Bonchev–Trinajstić information content (AvgIpc) is 2.70. The monoisotopic (exact) mass is 399 g/mol. The van der Waals surface area contributed by atoms with E-state index in [0.29, 0.717) is 22.7 Å². The average molecular weight is 399 g/mol. The first-order valence-electron chi connectivity index (χ1n) is 9.06. The van der Waals surface area contributed by atoms with Crippen molar-refractivity contribution in [2.45, 2.75) is 20.8 Å². The van der Waals surface area contributed by atoms with Crippen LogP contribution in [0.25, 0.3) is 0 Å². The number of carbonyl (C=O) groups is 3. The maximum atomic E-state index is 12.2. The SMILES string of the molecule is COc1ccc(OCC(=O)OCC(=O)c2ccc(NC(=O)C(C)(C)C)cc2)cc1. The zero-order valence-corrected chi connectivity index (χ0v) is 17.0. The second kappa shape index (κ2) is 9.73. The Bertz CT molecular complexity index is 850. The first-order chi connectivity index (χ1) is 13.7. The molecule has 2 rings (SSSR count). The molecule has 0 aliphatic rings. The predicted octanol–water partition coefficient (Wildman–Crippen LogP) is 3.48. The summed E-state index contributed by atoms with van der Waals surface area (Å²) < 4.78 is 15.3. The Hall–Kier alpha value is -3.35. The van der Waals surface area contributed by atoms with Crippen LogP contribution in [0.4, 0.5) is 5.69 Å². The summed E-state index contributed by atoms with van der Waals surface area (Å²) in [6.45, 7) is 4.74. The molecule has 0 aromatic heterocycles. The van der Waals surface area contributed by atoms with E-state index < -0.39 is 18.0 Å². The summed E-state index contributed by atoms with van der Waals surface area (Å²) in [4.78, 5) is 35.9. The summed E-state index contributed by atoms with van der Waals surface area (Å²) in [6.07, 6.45) is 0. The fraction of sp³-hybridized carbons (Fsp3) is 0.318. The molecule has 1 N–H and O–H groups in total. The van der Waals surface area contributed by atoms with Gasteiger partial charge in [-0.25, -0.2) is 4.79 Å². The second-order valence-electron chi connectivity index (χ2n) is 7.33. The van der Waals surface area contributed by atoms with Gasteiger partial charge in [-0.2, -0.15) is 0 Å². The van der Waals surface area contributed by atoms with Crippen LogP contribution in [0.15, 0.2) is 48.5 Å².